The van der Waals surface area contributed by atoms with Crippen molar-refractivity contribution in [3.05, 3.63) is 28.8 Å². The number of halogens is 1. The largest absolute Gasteiger partial charge is 0.398 e. The molecular weight excluding hydrogens is 270 g/mol. The van der Waals surface area contributed by atoms with Crippen LogP contribution in [0.3, 0.4) is 0 Å². The second-order valence-electron chi connectivity index (χ2n) is 4.23. The van der Waals surface area contributed by atoms with E-state index in [1.807, 2.05) is 0 Å². The Hall–Kier alpha value is -1.79. The van der Waals surface area contributed by atoms with Crippen molar-refractivity contribution in [2.75, 3.05) is 25.5 Å². The molecule has 0 aliphatic carbocycles. The van der Waals surface area contributed by atoms with E-state index in [2.05, 4.69) is 0 Å². The molecule has 0 aromatic heterocycles. The number of carbonyl (C=O) groups is 2. The Labute approximate surface area is 115 Å². The van der Waals surface area contributed by atoms with E-state index in [0.29, 0.717) is 29.4 Å². The van der Waals surface area contributed by atoms with E-state index in [4.69, 9.17) is 27.8 Å². The Bertz CT molecular complexity index is 521. The summed E-state index contributed by atoms with van der Waals surface area (Å²) in [5.41, 5.74) is 11.6. The number of ether oxygens (including phenoxy) is 1. The molecule has 0 radical (unpaired) electrons. The van der Waals surface area contributed by atoms with E-state index in [1.165, 1.54) is 11.0 Å². The zero-order chi connectivity index (χ0) is 14.0. The molecule has 2 rings (SSSR count). The van der Waals surface area contributed by atoms with Crippen LogP contribution in [0.2, 0.25) is 5.02 Å². The third kappa shape index (κ3) is 2.80. The highest BCUT2D eigenvalue weighted by atomic mass is 35.5. The minimum atomic E-state index is -0.752. The summed E-state index contributed by atoms with van der Waals surface area (Å²) in [6.45, 7) is 0.802. The van der Waals surface area contributed by atoms with Gasteiger partial charge in [-0.3, -0.25) is 9.59 Å². The van der Waals surface area contributed by atoms with Gasteiger partial charge in [0.15, 0.2) is 0 Å². The predicted molar refractivity (Wildman–Crippen MR) is 70.7 cm³/mol. The lowest BCUT2D eigenvalue weighted by atomic mass is 10.1. The van der Waals surface area contributed by atoms with E-state index < -0.39 is 11.9 Å². The summed E-state index contributed by atoms with van der Waals surface area (Å²) in [6.07, 6.45) is 0. The first-order chi connectivity index (χ1) is 9.00. The number of amides is 2. The summed E-state index contributed by atoms with van der Waals surface area (Å²) >= 11 is 5.88. The van der Waals surface area contributed by atoms with Gasteiger partial charge in [0.25, 0.3) is 5.91 Å². The predicted octanol–water partition coefficient (Wildman–Crippen LogP) is 0.249. The van der Waals surface area contributed by atoms with E-state index in [9.17, 15) is 9.59 Å². The van der Waals surface area contributed by atoms with Crippen molar-refractivity contribution in [1.82, 2.24) is 4.90 Å². The van der Waals surface area contributed by atoms with Crippen LogP contribution in [0.25, 0.3) is 0 Å². The molecule has 1 aliphatic rings. The van der Waals surface area contributed by atoms with E-state index >= 15 is 0 Å². The number of morpholine rings is 1. The van der Waals surface area contributed by atoms with Crippen LogP contribution in [0.4, 0.5) is 5.69 Å². The number of primary amides is 1. The van der Waals surface area contributed by atoms with Crippen LogP contribution in [0.5, 0.6) is 0 Å². The molecule has 0 bridgehead atoms. The topological polar surface area (TPSA) is 98.7 Å². The number of rotatable bonds is 2. The van der Waals surface area contributed by atoms with Gasteiger partial charge in [0, 0.05) is 12.1 Å². The van der Waals surface area contributed by atoms with Crippen LogP contribution in [0.15, 0.2) is 18.2 Å². The van der Waals surface area contributed by atoms with Gasteiger partial charge < -0.3 is 21.1 Å². The first-order valence-electron chi connectivity index (χ1n) is 5.73. The number of nitrogen functional groups attached to an aromatic ring is 1. The smallest absolute Gasteiger partial charge is 0.254 e. The van der Waals surface area contributed by atoms with E-state index in [-0.39, 0.29) is 12.5 Å². The second kappa shape index (κ2) is 5.46. The number of nitrogens with zero attached hydrogens (tertiary/aromatic N) is 1. The van der Waals surface area contributed by atoms with Gasteiger partial charge in [-0.2, -0.15) is 0 Å². The fraction of sp³-hybridized carbons (Fsp3) is 0.333. The Morgan fingerprint density at radius 1 is 1.42 bits per heavy atom. The Balaban J connectivity index is 2.26. The highest BCUT2D eigenvalue weighted by Crippen LogP contribution is 2.21. The normalized spacial score (nSPS) is 19.2. The summed E-state index contributed by atoms with van der Waals surface area (Å²) in [5.74, 6) is -0.899. The molecule has 1 heterocycles. The molecule has 1 aromatic carbocycles. The molecule has 1 aliphatic heterocycles. The molecule has 102 valence electrons. The van der Waals surface area contributed by atoms with Gasteiger partial charge in [0.05, 0.1) is 23.9 Å². The molecule has 7 heteroatoms. The average Bonchev–Trinajstić information content (AvgIpc) is 2.41. The highest BCUT2D eigenvalue weighted by molar-refractivity contribution is 6.33. The SMILES string of the molecule is NC(=O)C1COCCN1C(=O)c1ccc(N)c(Cl)c1. The zero-order valence-electron chi connectivity index (χ0n) is 10.1. The molecule has 0 spiro atoms. The van der Waals surface area contributed by atoms with Gasteiger partial charge >= 0.3 is 0 Å². The van der Waals surface area contributed by atoms with Crippen molar-refractivity contribution < 1.29 is 14.3 Å². The fourth-order valence-electron chi connectivity index (χ4n) is 1.91. The van der Waals surface area contributed by atoms with Gasteiger partial charge in [-0.15, -0.1) is 0 Å². The van der Waals surface area contributed by atoms with Gasteiger partial charge in [-0.05, 0) is 18.2 Å². The summed E-state index contributed by atoms with van der Waals surface area (Å²) in [7, 11) is 0. The van der Waals surface area contributed by atoms with Gasteiger partial charge in [0.2, 0.25) is 5.91 Å². The van der Waals surface area contributed by atoms with Crippen molar-refractivity contribution in [3.8, 4) is 0 Å². The molecule has 4 N–H and O–H groups in total. The van der Waals surface area contributed by atoms with E-state index in [1.54, 1.807) is 12.1 Å². The fourth-order valence-corrected chi connectivity index (χ4v) is 2.09. The third-order valence-electron chi connectivity index (χ3n) is 2.97. The van der Waals surface area contributed by atoms with Crippen LogP contribution >= 0.6 is 11.6 Å². The zero-order valence-corrected chi connectivity index (χ0v) is 10.9. The van der Waals surface area contributed by atoms with Gasteiger partial charge in [-0.25, -0.2) is 0 Å². The molecule has 0 saturated carbocycles. The molecule has 1 fully saturated rings. The molecular formula is C12H14ClN3O3. The minimum absolute atomic E-state index is 0.115. The molecule has 1 aromatic rings. The summed E-state index contributed by atoms with van der Waals surface area (Å²) in [6, 6.07) is 3.84. The maximum Gasteiger partial charge on any atom is 0.254 e. The average molecular weight is 284 g/mol. The van der Waals surface area contributed by atoms with Crippen LogP contribution in [0, 0.1) is 0 Å². The molecule has 1 saturated heterocycles. The highest BCUT2D eigenvalue weighted by Gasteiger charge is 2.32. The number of hydrogen-bond donors (Lipinski definition) is 2. The molecule has 1 unspecified atom stereocenters. The van der Waals surface area contributed by atoms with Crippen LogP contribution in [-0.2, 0) is 9.53 Å². The van der Waals surface area contributed by atoms with E-state index in [0.717, 1.165) is 0 Å². The van der Waals surface area contributed by atoms with Crippen molar-refractivity contribution >= 4 is 29.1 Å². The Morgan fingerprint density at radius 3 is 2.79 bits per heavy atom. The molecule has 1 atom stereocenters. The lowest BCUT2D eigenvalue weighted by Crippen LogP contribution is -2.54. The van der Waals surface area contributed by atoms with Crippen molar-refractivity contribution in [2.45, 2.75) is 6.04 Å². The third-order valence-corrected chi connectivity index (χ3v) is 3.29. The van der Waals surface area contributed by atoms with Crippen LogP contribution < -0.4 is 11.5 Å². The maximum absolute atomic E-state index is 12.3. The van der Waals surface area contributed by atoms with Gasteiger partial charge in [-0.1, -0.05) is 11.6 Å². The minimum Gasteiger partial charge on any atom is -0.398 e. The van der Waals surface area contributed by atoms with Crippen molar-refractivity contribution in [3.63, 3.8) is 0 Å². The number of nitrogens with two attached hydrogens (primary N) is 2. The van der Waals surface area contributed by atoms with Gasteiger partial charge in [0.1, 0.15) is 6.04 Å². The lowest BCUT2D eigenvalue weighted by molar-refractivity contribution is -0.127. The van der Waals surface area contributed by atoms with Crippen LogP contribution in [0.1, 0.15) is 10.4 Å². The molecule has 19 heavy (non-hydrogen) atoms. The Kier molecular flexibility index (Phi) is 3.92. The maximum atomic E-state index is 12.3. The summed E-state index contributed by atoms with van der Waals surface area (Å²) in [4.78, 5) is 25.1. The Morgan fingerprint density at radius 2 is 2.16 bits per heavy atom. The van der Waals surface area contributed by atoms with Crippen molar-refractivity contribution in [2.24, 2.45) is 5.73 Å². The second-order valence-corrected chi connectivity index (χ2v) is 4.64. The number of anilines is 1. The number of hydrogen-bond acceptors (Lipinski definition) is 4. The van der Waals surface area contributed by atoms with Crippen molar-refractivity contribution in [1.29, 1.82) is 0 Å². The molecule has 6 nitrogen and oxygen atoms in total. The quantitative estimate of drug-likeness (QED) is 0.760. The molecule has 2 amide bonds. The summed E-state index contributed by atoms with van der Waals surface area (Å²) in [5, 5.41) is 0.301. The number of benzene rings is 1. The lowest BCUT2D eigenvalue weighted by Gasteiger charge is -2.33. The van der Waals surface area contributed by atoms with Crippen LogP contribution in [-0.4, -0.2) is 42.5 Å². The standard InChI is InChI=1S/C12H14ClN3O3/c13-8-5-7(1-2-9(8)14)12(18)16-3-4-19-6-10(16)11(15)17/h1-2,5,10H,3-4,6,14H2,(H2,15,17). The number of carbonyl (C=O) groups excluding carboxylic acids is 2. The first kappa shape index (κ1) is 13.6. The first-order valence-corrected chi connectivity index (χ1v) is 6.11. The summed E-state index contributed by atoms with van der Waals surface area (Å²) < 4.78 is 5.16. The monoisotopic (exact) mass is 283 g/mol.